The van der Waals surface area contributed by atoms with Gasteiger partial charge in [-0.15, -0.1) is 0 Å². The van der Waals surface area contributed by atoms with Crippen molar-refractivity contribution in [3.05, 3.63) is 0 Å². The lowest BCUT2D eigenvalue weighted by Gasteiger charge is -1.94. The Hall–Kier alpha value is -0.220. The molecule has 0 radical (unpaired) electrons. The first kappa shape index (κ1) is 8.78. The van der Waals surface area contributed by atoms with Gasteiger partial charge in [0, 0.05) is 11.5 Å². The van der Waals surface area contributed by atoms with Gasteiger partial charge in [0.05, 0.1) is 12.3 Å². The molecule has 0 aliphatic rings. The number of aliphatic hydroxyl groups is 1. The van der Waals surface area contributed by atoms with Crippen LogP contribution in [0.5, 0.6) is 0 Å². The lowest BCUT2D eigenvalue weighted by molar-refractivity contribution is 0.318. The second-order valence-electron chi connectivity index (χ2n) is 1.61. The molecule has 54 valence electrons. The van der Waals surface area contributed by atoms with E-state index in [4.69, 9.17) is 10.3 Å². The molecular formula is C5H11NO2S. The molecular weight excluding hydrogens is 138 g/mol. The maximum Gasteiger partial charge on any atom is 0.0638 e. The average Bonchev–Trinajstić information content (AvgIpc) is 1.89. The summed E-state index contributed by atoms with van der Waals surface area (Å²) in [6.45, 7) is 1.92. The second-order valence-corrected chi connectivity index (χ2v) is 2.72. The van der Waals surface area contributed by atoms with Gasteiger partial charge in [0.2, 0.25) is 0 Å². The van der Waals surface area contributed by atoms with Gasteiger partial charge in [-0.3, -0.25) is 0 Å². The van der Waals surface area contributed by atoms with Crippen molar-refractivity contribution in [2.24, 2.45) is 5.16 Å². The lowest BCUT2D eigenvalue weighted by atomic mass is 10.5. The molecule has 0 amide bonds. The highest BCUT2D eigenvalue weighted by molar-refractivity contribution is 7.99. The first-order valence-corrected chi connectivity index (χ1v) is 3.83. The van der Waals surface area contributed by atoms with Crippen LogP contribution in [0.1, 0.15) is 6.92 Å². The van der Waals surface area contributed by atoms with Gasteiger partial charge in [-0.05, 0) is 6.92 Å². The highest BCUT2D eigenvalue weighted by atomic mass is 32.2. The summed E-state index contributed by atoms with van der Waals surface area (Å²) in [4.78, 5) is 0. The molecule has 0 fully saturated rings. The second kappa shape index (κ2) is 5.91. The van der Waals surface area contributed by atoms with Crippen LogP contribution in [-0.2, 0) is 0 Å². The molecule has 0 aromatic heterocycles. The molecule has 9 heavy (non-hydrogen) atoms. The van der Waals surface area contributed by atoms with Crippen molar-refractivity contribution < 1.29 is 10.3 Å². The maximum atomic E-state index is 8.33. The van der Waals surface area contributed by atoms with Crippen molar-refractivity contribution in [1.29, 1.82) is 0 Å². The van der Waals surface area contributed by atoms with E-state index in [1.54, 1.807) is 18.7 Å². The van der Waals surface area contributed by atoms with Crippen LogP contribution in [0.15, 0.2) is 5.16 Å². The predicted molar refractivity (Wildman–Crippen MR) is 39.3 cm³/mol. The highest BCUT2D eigenvalue weighted by Gasteiger charge is 1.90. The van der Waals surface area contributed by atoms with Crippen LogP contribution in [0.3, 0.4) is 0 Å². The minimum atomic E-state index is 0.184. The third kappa shape index (κ3) is 5.65. The van der Waals surface area contributed by atoms with E-state index in [2.05, 4.69) is 5.16 Å². The Kier molecular flexibility index (Phi) is 5.76. The summed E-state index contributed by atoms with van der Waals surface area (Å²) in [6, 6.07) is 0. The standard InChI is InChI=1S/C5H11NO2S/c1-5(6-8)4-9-3-2-7/h7-8H,2-4H2,1H3/b6-5-. The van der Waals surface area contributed by atoms with Crippen LogP contribution in [0.4, 0.5) is 0 Å². The molecule has 0 aliphatic carbocycles. The monoisotopic (exact) mass is 149 g/mol. The smallest absolute Gasteiger partial charge is 0.0638 e. The molecule has 3 nitrogen and oxygen atoms in total. The molecule has 0 aromatic rings. The number of oxime groups is 1. The van der Waals surface area contributed by atoms with E-state index in [0.29, 0.717) is 17.2 Å². The molecule has 4 heteroatoms. The zero-order chi connectivity index (χ0) is 7.11. The van der Waals surface area contributed by atoms with Gasteiger partial charge in [-0.1, -0.05) is 5.16 Å². The molecule has 0 saturated heterocycles. The number of hydrogen-bond donors (Lipinski definition) is 2. The summed E-state index contributed by atoms with van der Waals surface area (Å²) in [5, 5.41) is 19.4. The molecule has 0 rings (SSSR count). The van der Waals surface area contributed by atoms with Gasteiger partial charge >= 0.3 is 0 Å². The summed E-state index contributed by atoms with van der Waals surface area (Å²) >= 11 is 1.55. The fourth-order valence-electron chi connectivity index (χ4n) is 0.313. The Morgan fingerprint density at radius 3 is 2.78 bits per heavy atom. The lowest BCUT2D eigenvalue weighted by Crippen LogP contribution is -1.97. The summed E-state index contributed by atoms with van der Waals surface area (Å²) in [6.07, 6.45) is 0. The van der Waals surface area contributed by atoms with Crippen molar-refractivity contribution in [3.8, 4) is 0 Å². The van der Waals surface area contributed by atoms with E-state index < -0.39 is 0 Å². The topological polar surface area (TPSA) is 52.8 Å². The van der Waals surface area contributed by atoms with E-state index in [-0.39, 0.29) is 6.61 Å². The van der Waals surface area contributed by atoms with Gasteiger partial charge in [0.25, 0.3) is 0 Å². The number of rotatable bonds is 4. The number of thioether (sulfide) groups is 1. The summed E-state index contributed by atoms with van der Waals surface area (Å²) < 4.78 is 0. The van der Waals surface area contributed by atoms with Crippen molar-refractivity contribution in [1.82, 2.24) is 0 Å². The van der Waals surface area contributed by atoms with E-state index in [1.165, 1.54) is 0 Å². The van der Waals surface area contributed by atoms with Crippen LogP contribution in [-0.4, -0.2) is 34.1 Å². The number of aliphatic hydroxyl groups excluding tert-OH is 1. The number of hydrogen-bond acceptors (Lipinski definition) is 4. The Balaban J connectivity index is 3.07. The third-order valence-electron chi connectivity index (χ3n) is 0.717. The van der Waals surface area contributed by atoms with Gasteiger partial charge in [-0.2, -0.15) is 11.8 Å². The summed E-state index contributed by atoms with van der Waals surface area (Å²) in [5.41, 5.74) is 0.688. The minimum Gasteiger partial charge on any atom is -0.411 e. The zero-order valence-electron chi connectivity index (χ0n) is 5.37. The SMILES string of the molecule is C/C(CSCCO)=N/O. The fourth-order valence-corrected chi connectivity index (χ4v) is 0.940. The average molecular weight is 149 g/mol. The predicted octanol–water partition coefficient (Wildman–Crippen LogP) is 0.562. The van der Waals surface area contributed by atoms with E-state index >= 15 is 0 Å². The van der Waals surface area contributed by atoms with Crippen molar-refractivity contribution in [2.45, 2.75) is 6.92 Å². The third-order valence-corrected chi connectivity index (χ3v) is 1.81. The van der Waals surface area contributed by atoms with Crippen LogP contribution in [0.25, 0.3) is 0 Å². The Bertz CT molecular complexity index is 95.0. The van der Waals surface area contributed by atoms with Gasteiger partial charge in [0.1, 0.15) is 0 Å². The fraction of sp³-hybridized carbons (Fsp3) is 0.800. The van der Waals surface area contributed by atoms with Crippen LogP contribution >= 0.6 is 11.8 Å². The van der Waals surface area contributed by atoms with Gasteiger partial charge in [0.15, 0.2) is 0 Å². The van der Waals surface area contributed by atoms with E-state index in [9.17, 15) is 0 Å². The zero-order valence-corrected chi connectivity index (χ0v) is 6.19. The largest absolute Gasteiger partial charge is 0.411 e. The van der Waals surface area contributed by atoms with Crippen LogP contribution in [0.2, 0.25) is 0 Å². The Labute approximate surface area is 58.8 Å². The molecule has 0 aliphatic heterocycles. The quantitative estimate of drug-likeness (QED) is 0.266. The molecule has 0 aromatic carbocycles. The molecule has 0 saturated carbocycles. The molecule has 0 bridgehead atoms. The molecule has 0 atom stereocenters. The van der Waals surface area contributed by atoms with E-state index in [0.717, 1.165) is 0 Å². The van der Waals surface area contributed by atoms with Crippen LogP contribution < -0.4 is 0 Å². The van der Waals surface area contributed by atoms with Crippen molar-refractivity contribution in [3.63, 3.8) is 0 Å². The van der Waals surface area contributed by atoms with Crippen LogP contribution in [0, 0.1) is 0 Å². The first-order valence-electron chi connectivity index (χ1n) is 2.67. The summed E-state index contributed by atoms with van der Waals surface area (Å²) in [5.74, 6) is 1.39. The molecule has 2 N–H and O–H groups in total. The normalized spacial score (nSPS) is 12.0. The van der Waals surface area contributed by atoms with E-state index in [1.807, 2.05) is 0 Å². The van der Waals surface area contributed by atoms with Crippen molar-refractivity contribution in [2.75, 3.05) is 18.1 Å². The highest BCUT2D eigenvalue weighted by Crippen LogP contribution is 1.98. The molecule has 0 heterocycles. The first-order chi connectivity index (χ1) is 4.31. The Morgan fingerprint density at radius 2 is 2.33 bits per heavy atom. The maximum absolute atomic E-state index is 8.33. The molecule has 0 unspecified atom stereocenters. The summed E-state index contributed by atoms with van der Waals surface area (Å²) in [7, 11) is 0. The minimum absolute atomic E-state index is 0.184. The van der Waals surface area contributed by atoms with Gasteiger partial charge in [-0.25, -0.2) is 0 Å². The Morgan fingerprint density at radius 1 is 1.67 bits per heavy atom. The van der Waals surface area contributed by atoms with Crippen molar-refractivity contribution >= 4 is 17.5 Å². The number of nitrogens with zero attached hydrogens (tertiary/aromatic N) is 1. The molecule has 0 spiro atoms. The van der Waals surface area contributed by atoms with Gasteiger partial charge < -0.3 is 10.3 Å².